The van der Waals surface area contributed by atoms with Crippen molar-refractivity contribution in [3.63, 3.8) is 0 Å². The number of hydrogen-bond donors (Lipinski definition) is 1. The summed E-state index contributed by atoms with van der Waals surface area (Å²) >= 11 is 6.01. The Labute approximate surface area is 208 Å². The highest BCUT2D eigenvalue weighted by molar-refractivity contribution is 6.30. The predicted octanol–water partition coefficient (Wildman–Crippen LogP) is 4.51. The van der Waals surface area contributed by atoms with Crippen LogP contribution in [0.1, 0.15) is 55.3 Å². The fourth-order valence-corrected chi connectivity index (χ4v) is 4.31. The average Bonchev–Trinajstić information content (AvgIpc) is 2.78. The summed E-state index contributed by atoms with van der Waals surface area (Å²) in [6, 6.07) is 8.56. The summed E-state index contributed by atoms with van der Waals surface area (Å²) in [5.74, 6) is -3.16. The van der Waals surface area contributed by atoms with Gasteiger partial charge in [0.1, 0.15) is 11.4 Å². The van der Waals surface area contributed by atoms with E-state index >= 15 is 0 Å². The summed E-state index contributed by atoms with van der Waals surface area (Å²) in [5, 5.41) is 3.29. The van der Waals surface area contributed by atoms with Crippen LogP contribution in [0.25, 0.3) is 0 Å². The zero-order valence-electron chi connectivity index (χ0n) is 20.1. The number of anilines is 1. The van der Waals surface area contributed by atoms with Gasteiger partial charge in [-0.3, -0.25) is 14.4 Å². The number of carbonyl (C=O) groups excluding carboxylic acids is 3. The molecule has 1 aliphatic rings. The Bertz CT molecular complexity index is 1180. The number of Topliss-reactive ketones (excluding diaryl/α,β-unsaturated/α-hetero) is 1. The summed E-state index contributed by atoms with van der Waals surface area (Å²) in [6.45, 7) is 7.33. The van der Waals surface area contributed by atoms with Crippen molar-refractivity contribution in [3.8, 4) is 0 Å². The van der Waals surface area contributed by atoms with Crippen LogP contribution in [0.4, 0.5) is 5.69 Å². The molecule has 2 aromatic rings. The highest BCUT2D eigenvalue weighted by Gasteiger charge is 2.43. The third-order valence-electron chi connectivity index (χ3n) is 5.76. The number of benzene rings is 1. The van der Waals surface area contributed by atoms with Gasteiger partial charge in [-0.2, -0.15) is 0 Å². The Morgan fingerprint density at radius 2 is 1.74 bits per heavy atom. The number of fused-ring (bicyclic) bond motifs is 1. The van der Waals surface area contributed by atoms with E-state index in [0.29, 0.717) is 22.8 Å². The van der Waals surface area contributed by atoms with E-state index in [-0.39, 0.29) is 24.7 Å². The molecule has 1 aromatic heterocycles. The Morgan fingerprint density at radius 3 is 2.31 bits per heavy atom. The number of rotatable bonds is 8. The smallest absolute Gasteiger partial charge is 0.359 e. The first-order valence-electron chi connectivity index (χ1n) is 11.3. The molecule has 9 heteroatoms. The van der Waals surface area contributed by atoms with Crippen LogP contribution in [0.15, 0.2) is 51.8 Å². The zero-order valence-corrected chi connectivity index (χ0v) is 20.8. The van der Waals surface area contributed by atoms with Crippen molar-refractivity contribution in [2.75, 3.05) is 18.5 Å². The monoisotopic (exact) mass is 501 g/mol. The van der Waals surface area contributed by atoms with Gasteiger partial charge in [0.15, 0.2) is 11.7 Å². The number of esters is 2. The molecule has 0 spiro atoms. The lowest BCUT2D eigenvalue weighted by atomic mass is 9.65. The molecule has 0 saturated heterocycles. The molecule has 1 aliphatic carbocycles. The number of halogens is 1. The second-order valence-corrected chi connectivity index (χ2v) is 9.22. The highest BCUT2D eigenvalue weighted by Crippen LogP contribution is 2.45. The largest absolute Gasteiger partial charge is 0.465 e. The van der Waals surface area contributed by atoms with Crippen LogP contribution < -0.4 is 10.9 Å². The molecule has 0 aliphatic heterocycles. The van der Waals surface area contributed by atoms with Crippen LogP contribution in [-0.4, -0.2) is 30.9 Å². The lowest BCUT2D eigenvalue weighted by Crippen LogP contribution is -2.37. The molecule has 186 valence electrons. The summed E-state index contributed by atoms with van der Waals surface area (Å²) in [6.07, 6.45) is 2.88. The Hall–Kier alpha value is -3.39. The molecule has 0 bridgehead atoms. The minimum Gasteiger partial charge on any atom is -0.465 e. The summed E-state index contributed by atoms with van der Waals surface area (Å²) in [4.78, 5) is 50.3. The normalized spacial score (nSPS) is 16.7. The van der Waals surface area contributed by atoms with Gasteiger partial charge >= 0.3 is 17.6 Å². The van der Waals surface area contributed by atoms with Crippen molar-refractivity contribution in [2.24, 2.45) is 11.3 Å². The van der Waals surface area contributed by atoms with Crippen molar-refractivity contribution < 1.29 is 28.3 Å². The van der Waals surface area contributed by atoms with E-state index in [0.717, 1.165) is 5.56 Å². The molecule has 0 fully saturated rings. The molecule has 1 unspecified atom stereocenters. The van der Waals surface area contributed by atoms with Gasteiger partial charge in [-0.25, -0.2) is 4.79 Å². The van der Waals surface area contributed by atoms with E-state index in [4.69, 9.17) is 25.5 Å². The van der Waals surface area contributed by atoms with E-state index in [2.05, 4.69) is 5.32 Å². The number of ketones is 1. The van der Waals surface area contributed by atoms with Crippen molar-refractivity contribution in [1.29, 1.82) is 0 Å². The first-order chi connectivity index (χ1) is 16.6. The predicted molar refractivity (Wildman–Crippen MR) is 131 cm³/mol. The maximum absolute atomic E-state index is 13.5. The third-order valence-corrected chi connectivity index (χ3v) is 6.01. The van der Waals surface area contributed by atoms with Crippen LogP contribution in [-0.2, 0) is 25.5 Å². The minimum atomic E-state index is -1.30. The first-order valence-corrected chi connectivity index (χ1v) is 11.7. The van der Waals surface area contributed by atoms with Crippen molar-refractivity contribution in [2.45, 2.75) is 40.0 Å². The quantitative estimate of drug-likeness (QED) is 0.415. The van der Waals surface area contributed by atoms with E-state index in [1.807, 2.05) is 26.0 Å². The molecule has 0 saturated carbocycles. The Balaban J connectivity index is 1.90. The maximum Gasteiger partial charge on any atom is 0.359 e. The van der Waals surface area contributed by atoms with Gasteiger partial charge in [0.2, 0.25) is 0 Å². The second-order valence-electron chi connectivity index (χ2n) is 8.78. The molecule has 3 rings (SSSR count). The average molecular weight is 502 g/mol. The van der Waals surface area contributed by atoms with Gasteiger partial charge in [0.25, 0.3) is 0 Å². The maximum atomic E-state index is 13.5. The van der Waals surface area contributed by atoms with Crippen molar-refractivity contribution in [1.82, 2.24) is 0 Å². The summed E-state index contributed by atoms with van der Waals surface area (Å²) in [5.41, 5.74) is -0.0514. The lowest BCUT2D eigenvalue weighted by Gasteiger charge is -2.37. The second kappa shape index (κ2) is 10.9. The van der Waals surface area contributed by atoms with Crippen molar-refractivity contribution >= 4 is 35.0 Å². The molecule has 8 nitrogen and oxygen atoms in total. The summed E-state index contributed by atoms with van der Waals surface area (Å²) < 4.78 is 15.3. The van der Waals surface area contributed by atoms with E-state index in [9.17, 15) is 19.2 Å². The van der Waals surface area contributed by atoms with Crippen LogP contribution in [0, 0.1) is 11.3 Å². The molecule has 1 atom stereocenters. The number of carbonyl (C=O) groups is 3. The minimum absolute atomic E-state index is 0.00520. The van der Waals surface area contributed by atoms with E-state index in [1.54, 1.807) is 26.0 Å². The van der Waals surface area contributed by atoms with E-state index < -0.39 is 34.8 Å². The third kappa shape index (κ3) is 5.82. The fraction of sp³-hybridized carbons (Fsp3) is 0.385. The zero-order chi connectivity index (χ0) is 25.8. The molecule has 1 heterocycles. The van der Waals surface area contributed by atoms with Crippen molar-refractivity contribution in [3.05, 3.63) is 74.9 Å². The molecule has 0 amide bonds. The van der Waals surface area contributed by atoms with Crippen LogP contribution in [0.5, 0.6) is 0 Å². The molecule has 1 N–H and O–H groups in total. The fourth-order valence-electron chi connectivity index (χ4n) is 4.18. The SMILES string of the molecule is CCOC(=O)C(/C=C/Nc1cc2c(oc1=O)CC(C)(C)C(c1ccc(Cl)cc1)C2=O)C(=O)OCC. The van der Waals surface area contributed by atoms with Gasteiger partial charge < -0.3 is 19.2 Å². The molecule has 0 radical (unpaired) electrons. The standard InChI is InChI=1S/C26H28ClNO7/c1-5-33-23(30)17(24(31)34-6-2)11-12-28-19-13-18-20(35-25(19)32)14-26(3,4)21(22(18)29)15-7-9-16(27)10-8-15/h7-13,17,21,28H,5-6,14H2,1-4H3/b12-11+. The Kier molecular flexibility index (Phi) is 8.17. The lowest BCUT2D eigenvalue weighted by molar-refractivity contribution is -0.158. The molecule has 1 aromatic carbocycles. The number of hydrogen-bond acceptors (Lipinski definition) is 8. The molecular weight excluding hydrogens is 474 g/mol. The Morgan fingerprint density at radius 1 is 1.14 bits per heavy atom. The molecular formula is C26H28ClNO7. The number of ether oxygens (including phenoxy) is 2. The summed E-state index contributed by atoms with van der Waals surface area (Å²) in [7, 11) is 0. The van der Waals surface area contributed by atoms with Gasteiger partial charge in [0.05, 0.1) is 24.7 Å². The van der Waals surface area contributed by atoms with Gasteiger partial charge in [0, 0.05) is 11.4 Å². The van der Waals surface area contributed by atoms with Crippen LogP contribution in [0.3, 0.4) is 0 Å². The van der Waals surface area contributed by atoms with Gasteiger partial charge in [-0.15, -0.1) is 0 Å². The van der Waals surface area contributed by atoms with Gasteiger partial charge in [-0.1, -0.05) is 37.6 Å². The van der Waals surface area contributed by atoms with Crippen LogP contribution in [0.2, 0.25) is 5.02 Å². The molecule has 35 heavy (non-hydrogen) atoms. The van der Waals surface area contributed by atoms with E-state index in [1.165, 1.54) is 18.3 Å². The first kappa shape index (κ1) is 26.2. The topological polar surface area (TPSA) is 112 Å². The number of nitrogens with one attached hydrogen (secondary N) is 1. The van der Waals surface area contributed by atoms with Crippen LogP contribution >= 0.6 is 11.6 Å². The van der Waals surface area contributed by atoms with Gasteiger partial charge in [-0.05, 0) is 55.3 Å². The highest BCUT2D eigenvalue weighted by atomic mass is 35.5.